The number of nitrogens with zero attached hydrogens (tertiary/aromatic N) is 1. The summed E-state index contributed by atoms with van der Waals surface area (Å²) in [5.74, 6) is -0.809. The minimum Gasteiger partial charge on any atom is -0.467 e. The van der Waals surface area contributed by atoms with Crippen LogP contribution in [0.15, 0.2) is 36.0 Å². The number of benzene rings is 1. The molecule has 4 nitrogen and oxygen atoms in total. The van der Waals surface area contributed by atoms with Crippen molar-refractivity contribution in [2.75, 3.05) is 12.4 Å². The molecule has 18 heavy (non-hydrogen) atoms. The van der Waals surface area contributed by atoms with Crippen LogP contribution < -0.4 is 5.32 Å². The van der Waals surface area contributed by atoms with Gasteiger partial charge in [-0.25, -0.2) is 9.18 Å². The molecule has 0 radical (unpaired) electrons. The maximum atomic E-state index is 13.1. The monoisotopic (exact) mass is 266 g/mol. The number of halogens is 1. The summed E-state index contributed by atoms with van der Waals surface area (Å²) < 4.78 is 17.8. The van der Waals surface area contributed by atoms with E-state index in [1.165, 1.54) is 30.6 Å². The first kappa shape index (κ1) is 12.5. The smallest absolute Gasteiger partial charge is 0.333 e. The van der Waals surface area contributed by atoms with Crippen LogP contribution in [0, 0.1) is 5.82 Å². The van der Waals surface area contributed by atoms with E-state index in [0.29, 0.717) is 10.6 Å². The summed E-state index contributed by atoms with van der Waals surface area (Å²) in [4.78, 5) is 16.3. The molecular weight excluding hydrogens is 255 g/mol. The van der Waals surface area contributed by atoms with Gasteiger partial charge in [0.15, 0.2) is 6.04 Å². The average Bonchev–Trinajstić information content (AvgIpc) is 2.89. The number of thiazole rings is 1. The zero-order valence-corrected chi connectivity index (χ0v) is 10.4. The SMILES string of the molecule is COC(=O)C(Nc1cccc(F)c1)c1cncs1. The highest BCUT2D eigenvalue weighted by Gasteiger charge is 2.22. The molecule has 1 unspecified atom stereocenters. The standard InChI is InChI=1S/C12H11FN2O2S/c1-17-12(16)11(10-6-14-7-18-10)15-9-4-2-3-8(13)5-9/h2-7,11,15H,1H3. The fraction of sp³-hybridized carbons (Fsp3) is 0.167. The maximum absolute atomic E-state index is 13.1. The first-order valence-corrected chi connectivity index (χ1v) is 6.07. The van der Waals surface area contributed by atoms with Crippen molar-refractivity contribution >= 4 is 23.0 Å². The van der Waals surface area contributed by atoms with E-state index in [0.717, 1.165) is 0 Å². The van der Waals surface area contributed by atoms with Crippen LogP contribution in [0.25, 0.3) is 0 Å². The molecule has 0 saturated carbocycles. The maximum Gasteiger partial charge on any atom is 0.333 e. The zero-order chi connectivity index (χ0) is 13.0. The molecule has 1 N–H and O–H groups in total. The van der Waals surface area contributed by atoms with Gasteiger partial charge in [0.25, 0.3) is 0 Å². The summed E-state index contributed by atoms with van der Waals surface area (Å²) in [6.07, 6.45) is 1.58. The van der Waals surface area contributed by atoms with Gasteiger partial charge in [-0.2, -0.15) is 0 Å². The minimum absolute atomic E-state index is 0.368. The van der Waals surface area contributed by atoms with Crippen molar-refractivity contribution in [3.63, 3.8) is 0 Å². The van der Waals surface area contributed by atoms with Crippen molar-refractivity contribution in [1.29, 1.82) is 0 Å². The molecule has 0 aliphatic carbocycles. The number of aromatic nitrogens is 1. The van der Waals surface area contributed by atoms with Gasteiger partial charge >= 0.3 is 5.97 Å². The molecule has 0 fully saturated rings. The van der Waals surface area contributed by atoms with Gasteiger partial charge in [-0.15, -0.1) is 11.3 Å². The van der Waals surface area contributed by atoms with Crippen LogP contribution in [0.5, 0.6) is 0 Å². The molecule has 0 bridgehead atoms. The van der Waals surface area contributed by atoms with E-state index in [9.17, 15) is 9.18 Å². The molecule has 1 aromatic carbocycles. The van der Waals surface area contributed by atoms with Crippen LogP contribution in [0.3, 0.4) is 0 Å². The highest BCUT2D eigenvalue weighted by Crippen LogP contribution is 2.24. The summed E-state index contributed by atoms with van der Waals surface area (Å²) in [6.45, 7) is 0. The molecule has 1 heterocycles. The highest BCUT2D eigenvalue weighted by molar-refractivity contribution is 7.09. The largest absolute Gasteiger partial charge is 0.467 e. The summed E-state index contributed by atoms with van der Waals surface area (Å²) in [6, 6.07) is 5.23. The van der Waals surface area contributed by atoms with Gasteiger partial charge in [0.1, 0.15) is 5.82 Å². The van der Waals surface area contributed by atoms with Crippen molar-refractivity contribution in [1.82, 2.24) is 4.98 Å². The Bertz CT molecular complexity index is 531. The van der Waals surface area contributed by atoms with Crippen molar-refractivity contribution in [3.8, 4) is 0 Å². The number of ether oxygens (including phenoxy) is 1. The summed E-state index contributed by atoms with van der Waals surface area (Å²) in [5, 5.41) is 2.93. The van der Waals surface area contributed by atoms with Crippen molar-refractivity contribution in [3.05, 3.63) is 46.7 Å². The van der Waals surface area contributed by atoms with E-state index in [1.807, 2.05) is 0 Å². The minimum atomic E-state index is -0.677. The topological polar surface area (TPSA) is 51.2 Å². The van der Waals surface area contributed by atoms with Gasteiger partial charge < -0.3 is 10.1 Å². The molecule has 0 saturated heterocycles. The first-order valence-electron chi connectivity index (χ1n) is 5.19. The lowest BCUT2D eigenvalue weighted by Gasteiger charge is -2.15. The molecule has 0 spiro atoms. The Hall–Kier alpha value is -1.95. The lowest BCUT2D eigenvalue weighted by molar-refractivity contribution is -0.141. The molecule has 94 valence electrons. The van der Waals surface area contributed by atoms with E-state index >= 15 is 0 Å². The number of rotatable bonds is 4. The quantitative estimate of drug-likeness (QED) is 0.864. The molecule has 0 aliphatic heterocycles. The van der Waals surface area contributed by atoms with Gasteiger partial charge in [0.2, 0.25) is 0 Å². The zero-order valence-electron chi connectivity index (χ0n) is 9.59. The third kappa shape index (κ3) is 2.84. The predicted molar refractivity (Wildman–Crippen MR) is 66.9 cm³/mol. The number of esters is 1. The summed E-state index contributed by atoms with van der Waals surface area (Å²) in [7, 11) is 1.31. The normalized spacial score (nSPS) is 11.9. The summed E-state index contributed by atoms with van der Waals surface area (Å²) in [5.41, 5.74) is 2.14. The number of hydrogen-bond acceptors (Lipinski definition) is 5. The molecule has 0 amide bonds. The van der Waals surface area contributed by atoms with E-state index in [-0.39, 0.29) is 5.82 Å². The summed E-state index contributed by atoms with van der Waals surface area (Å²) >= 11 is 1.33. The van der Waals surface area contributed by atoms with Crippen LogP contribution in [-0.2, 0) is 9.53 Å². The second kappa shape index (κ2) is 5.59. The highest BCUT2D eigenvalue weighted by atomic mass is 32.1. The fourth-order valence-corrected chi connectivity index (χ4v) is 2.13. The number of anilines is 1. The number of nitrogens with one attached hydrogen (secondary N) is 1. The van der Waals surface area contributed by atoms with Gasteiger partial charge in [-0.3, -0.25) is 4.98 Å². The van der Waals surface area contributed by atoms with Crippen molar-refractivity contribution < 1.29 is 13.9 Å². The molecule has 2 aromatic rings. The Balaban J connectivity index is 2.23. The molecular formula is C12H11FN2O2S. The molecule has 0 aliphatic rings. The lowest BCUT2D eigenvalue weighted by atomic mass is 10.2. The van der Waals surface area contributed by atoms with E-state index in [2.05, 4.69) is 10.3 Å². The van der Waals surface area contributed by atoms with Crippen LogP contribution in [0.4, 0.5) is 10.1 Å². The molecule has 2 rings (SSSR count). The van der Waals surface area contributed by atoms with Gasteiger partial charge in [0, 0.05) is 11.9 Å². The van der Waals surface area contributed by atoms with Gasteiger partial charge in [-0.1, -0.05) is 6.07 Å². The van der Waals surface area contributed by atoms with Gasteiger partial charge in [-0.05, 0) is 18.2 Å². The van der Waals surface area contributed by atoms with Crippen LogP contribution >= 0.6 is 11.3 Å². The second-order valence-corrected chi connectivity index (χ2v) is 4.43. The van der Waals surface area contributed by atoms with E-state index in [1.54, 1.807) is 23.8 Å². The number of methoxy groups -OCH3 is 1. The Labute approximate surface area is 107 Å². The molecule has 1 atom stereocenters. The Kier molecular flexibility index (Phi) is 3.88. The first-order chi connectivity index (χ1) is 8.70. The third-order valence-electron chi connectivity index (χ3n) is 2.31. The van der Waals surface area contributed by atoms with E-state index in [4.69, 9.17) is 4.74 Å². The van der Waals surface area contributed by atoms with Crippen LogP contribution in [0.1, 0.15) is 10.9 Å². The average molecular weight is 266 g/mol. The van der Waals surface area contributed by atoms with Crippen molar-refractivity contribution in [2.24, 2.45) is 0 Å². The Morgan fingerprint density at radius 2 is 2.39 bits per heavy atom. The van der Waals surface area contributed by atoms with Crippen LogP contribution in [0.2, 0.25) is 0 Å². The number of carbonyl (C=O) groups is 1. The molecule has 6 heteroatoms. The second-order valence-electron chi connectivity index (χ2n) is 3.51. The number of hydrogen-bond donors (Lipinski definition) is 1. The van der Waals surface area contributed by atoms with Gasteiger partial charge in [0.05, 0.1) is 17.5 Å². The van der Waals surface area contributed by atoms with E-state index < -0.39 is 12.0 Å². The number of carbonyl (C=O) groups excluding carboxylic acids is 1. The third-order valence-corrected chi connectivity index (χ3v) is 3.15. The Morgan fingerprint density at radius 3 is 3.00 bits per heavy atom. The van der Waals surface area contributed by atoms with Crippen LogP contribution in [-0.4, -0.2) is 18.1 Å². The fourth-order valence-electron chi connectivity index (χ4n) is 1.48. The predicted octanol–water partition coefficient (Wildman–Crippen LogP) is 2.61. The van der Waals surface area contributed by atoms with Crippen molar-refractivity contribution in [2.45, 2.75) is 6.04 Å². The molecule has 1 aromatic heterocycles. The Morgan fingerprint density at radius 1 is 1.56 bits per heavy atom. The lowest BCUT2D eigenvalue weighted by Crippen LogP contribution is -2.21.